The fourth-order valence-electron chi connectivity index (χ4n) is 1.25. The van der Waals surface area contributed by atoms with Crippen molar-refractivity contribution in [1.82, 2.24) is 5.32 Å². The van der Waals surface area contributed by atoms with Gasteiger partial charge in [-0.25, -0.2) is 0 Å². The van der Waals surface area contributed by atoms with E-state index in [2.05, 4.69) is 10.6 Å². The fourth-order valence-corrected chi connectivity index (χ4v) is 1.25. The number of Topliss-reactive ketones (excluding diaryl/α,β-unsaturated/α-hetero) is 1. The Balaban J connectivity index is 2.55. The maximum atomic E-state index is 11.4. The zero-order valence-electron chi connectivity index (χ0n) is 9.54. The van der Waals surface area contributed by atoms with Crippen LogP contribution in [0.5, 0.6) is 0 Å². The average molecular weight is 220 g/mol. The van der Waals surface area contributed by atoms with Crippen molar-refractivity contribution in [2.24, 2.45) is 0 Å². The molecule has 0 fully saturated rings. The Labute approximate surface area is 95.0 Å². The van der Waals surface area contributed by atoms with E-state index in [4.69, 9.17) is 0 Å². The molecule has 2 N–H and O–H groups in total. The summed E-state index contributed by atoms with van der Waals surface area (Å²) in [6.07, 6.45) is 0.435. The first-order valence-corrected chi connectivity index (χ1v) is 5.19. The third kappa shape index (κ3) is 3.82. The van der Waals surface area contributed by atoms with Crippen molar-refractivity contribution in [3.05, 3.63) is 29.8 Å². The maximum absolute atomic E-state index is 11.4. The highest BCUT2D eigenvalue weighted by Gasteiger charge is 2.02. The number of rotatable bonds is 5. The minimum atomic E-state index is -0.0371. The number of benzene rings is 1. The molecule has 1 aromatic carbocycles. The van der Waals surface area contributed by atoms with Gasteiger partial charge in [-0.1, -0.05) is 0 Å². The van der Waals surface area contributed by atoms with Gasteiger partial charge in [-0.05, 0) is 38.2 Å². The molecule has 86 valence electrons. The van der Waals surface area contributed by atoms with Gasteiger partial charge in [-0.2, -0.15) is 0 Å². The SMILES string of the molecule is CNCCC(=O)Nc1ccc(C(C)=O)cc1. The van der Waals surface area contributed by atoms with Gasteiger partial charge < -0.3 is 10.6 Å². The monoisotopic (exact) mass is 220 g/mol. The Bertz CT molecular complexity index is 371. The van der Waals surface area contributed by atoms with E-state index < -0.39 is 0 Å². The van der Waals surface area contributed by atoms with E-state index >= 15 is 0 Å². The highest BCUT2D eigenvalue weighted by Crippen LogP contribution is 2.10. The third-order valence-electron chi connectivity index (χ3n) is 2.18. The normalized spacial score (nSPS) is 9.88. The van der Waals surface area contributed by atoms with Crippen LogP contribution in [0.4, 0.5) is 5.69 Å². The summed E-state index contributed by atoms with van der Waals surface area (Å²) >= 11 is 0. The number of carbonyl (C=O) groups excluding carboxylic acids is 2. The molecule has 4 nitrogen and oxygen atoms in total. The average Bonchev–Trinajstić information content (AvgIpc) is 2.27. The molecule has 16 heavy (non-hydrogen) atoms. The minimum absolute atomic E-state index is 0.0214. The Morgan fingerprint density at radius 1 is 1.19 bits per heavy atom. The Hall–Kier alpha value is -1.68. The van der Waals surface area contributed by atoms with Crippen molar-refractivity contribution >= 4 is 17.4 Å². The van der Waals surface area contributed by atoms with Crippen LogP contribution in [0, 0.1) is 0 Å². The van der Waals surface area contributed by atoms with Crippen LogP contribution in [0.3, 0.4) is 0 Å². The summed E-state index contributed by atoms with van der Waals surface area (Å²) in [6.45, 7) is 2.16. The van der Waals surface area contributed by atoms with E-state index in [1.54, 1.807) is 31.3 Å². The van der Waals surface area contributed by atoms with Crippen molar-refractivity contribution in [2.75, 3.05) is 18.9 Å². The van der Waals surface area contributed by atoms with Gasteiger partial charge in [-0.3, -0.25) is 9.59 Å². The van der Waals surface area contributed by atoms with Gasteiger partial charge in [0.05, 0.1) is 0 Å². The van der Waals surface area contributed by atoms with Crippen LogP contribution in [0.25, 0.3) is 0 Å². The number of ketones is 1. The minimum Gasteiger partial charge on any atom is -0.326 e. The van der Waals surface area contributed by atoms with Gasteiger partial charge in [0.25, 0.3) is 0 Å². The molecule has 0 heterocycles. The third-order valence-corrected chi connectivity index (χ3v) is 2.18. The number of anilines is 1. The molecule has 0 aliphatic carbocycles. The van der Waals surface area contributed by atoms with Gasteiger partial charge in [0.15, 0.2) is 5.78 Å². The molecule has 1 aromatic rings. The van der Waals surface area contributed by atoms with Crippen molar-refractivity contribution in [3.63, 3.8) is 0 Å². The van der Waals surface area contributed by atoms with Gasteiger partial charge in [0.2, 0.25) is 5.91 Å². The summed E-state index contributed by atoms with van der Waals surface area (Å²) in [4.78, 5) is 22.4. The molecule has 1 rings (SSSR count). The van der Waals surface area contributed by atoms with E-state index in [1.807, 2.05) is 0 Å². The van der Waals surface area contributed by atoms with E-state index in [-0.39, 0.29) is 11.7 Å². The van der Waals surface area contributed by atoms with Crippen molar-refractivity contribution in [1.29, 1.82) is 0 Å². The molecule has 0 bridgehead atoms. The fraction of sp³-hybridized carbons (Fsp3) is 0.333. The lowest BCUT2D eigenvalue weighted by molar-refractivity contribution is -0.116. The van der Waals surface area contributed by atoms with Gasteiger partial charge in [0, 0.05) is 24.2 Å². The molecular weight excluding hydrogens is 204 g/mol. The molecule has 4 heteroatoms. The lowest BCUT2D eigenvalue weighted by Gasteiger charge is -2.05. The second-order valence-corrected chi connectivity index (χ2v) is 3.54. The van der Waals surface area contributed by atoms with Crippen LogP contribution in [0.1, 0.15) is 23.7 Å². The predicted octanol–water partition coefficient (Wildman–Crippen LogP) is 1.44. The van der Waals surface area contributed by atoms with Crippen molar-refractivity contribution < 1.29 is 9.59 Å². The second kappa shape index (κ2) is 6.02. The van der Waals surface area contributed by atoms with Crippen molar-refractivity contribution in [2.45, 2.75) is 13.3 Å². The van der Waals surface area contributed by atoms with Crippen molar-refractivity contribution in [3.8, 4) is 0 Å². The zero-order valence-corrected chi connectivity index (χ0v) is 9.54. The number of amides is 1. The Morgan fingerprint density at radius 3 is 2.31 bits per heavy atom. The van der Waals surface area contributed by atoms with Crippen LogP contribution in [-0.4, -0.2) is 25.3 Å². The molecule has 0 spiro atoms. The maximum Gasteiger partial charge on any atom is 0.225 e. The molecule has 0 aliphatic heterocycles. The molecule has 0 saturated carbocycles. The summed E-state index contributed by atoms with van der Waals surface area (Å²) in [5, 5.41) is 5.66. The lowest BCUT2D eigenvalue weighted by atomic mass is 10.1. The number of hydrogen-bond acceptors (Lipinski definition) is 3. The first-order valence-electron chi connectivity index (χ1n) is 5.19. The largest absolute Gasteiger partial charge is 0.326 e. The Kier molecular flexibility index (Phi) is 4.66. The predicted molar refractivity (Wildman–Crippen MR) is 63.6 cm³/mol. The molecule has 0 atom stereocenters. The summed E-state index contributed by atoms with van der Waals surface area (Å²) in [6, 6.07) is 6.87. The zero-order chi connectivity index (χ0) is 12.0. The molecule has 0 saturated heterocycles. The van der Waals surface area contributed by atoms with E-state index in [0.29, 0.717) is 24.2 Å². The Morgan fingerprint density at radius 2 is 1.81 bits per heavy atom. The van der Waals surface area contributed by atoms with Gasteiger partial charge in [-0.15, -0.1) is 0 Å². The molecular formula is C12H16N2O2. The van der Waals surface area contributed by atoms with Crippen LogP contribution in [0.2, 0.25) is 0 Å². The number of nitrogens with one attached hydrogen (secondary N) is 2. The highest BCUT2D eigenvalue weighted by molar-refractivity contribution is 5.95. The number of carbonyl (C=O) groups is 2. The van der Waals surface area contributed by atoms with E-state index in [9.17, 15) is 9.59 Å². The highest BCUT2D eigenvalue weighted by atomic mass is 16.1. The standard InChI is InChI=1S/C12H16N2O2/c1-9(15)10-3-5-11(6-4-10)14-12(16)7-8-13-2/h3-6,13H,7-8H2,1-2H3,(H,14,16). The summed E-state index contributed by atoms with van der Waals surface area (Å²) < 4.78 is 0. The quantitative estimate of drug-likeness (QED) is 0.738. The van der Waals surface area contributed by atoms with Crippen LogP contribution >= 0.6 is 0 Å². The van der Waals surface area contributed by atoms with E-state index in [1.165, 1.54) is 6.92 Å². The lowest BCUT2D eigenvalue weighted by Crippen LogP contribution is -2.18. The topological polar surface area (TPSA) is 58.2 Å². The summed E-state index contributed by atoms with van der Waals surface area (Å²) in [5.74, 6) is -0.0158. The molecule has 0 unspecified atom stereocenters. The summed E-state index contributed by atoms with van der Waals surface area (Å²) in [7, 11) is 1.80. The summed E-state index contributed by atoms with van der Waals surface area (Å²) in [5.41, 5.74) is 1.36. The molecule has 0 aliphatic rings. The first kappa shape index (κ1) is 12.4. The second-order valence-electron chi connectivity index (χ2n) is 3.54. The smallest absolute Gasteiger partial charge is 0.225 e. The van der Waals surface area contributed by atoms with Gasteiger partial charge >= 0.3 is 0 Å². The van der Waals surface area contributed by atoms with Crippen LogP contribution < -0.4 is 10.6 Å². The molecule has 0 aromatic heterocycles. The van der Waals surface area contributed by atoms with Crippen LogP contribution in [-0.2, 0) is 4.79 Å². The van der Waals surface area contributed by atoms with Crippen LogP contribution in [0.15, 0.2) is 24.3 Å². The molecule has 1 amide bonds. The number of hydrogen-bond donors (Lipinski definition) is 2. The van der Waals surface area contributed by atoms with Gasteiger partial charge in [0.1, 0.15) is 0 Å². The van der Waals surface area contributed by atoms with E-state index in [0.717, 1.165) is 0 Å². The molecule has 0 radical (unpaired) electrons. The first-order chi connectivity index (χ1) is 7.63.